The highest BCUT2D eigenvalue weighted by Gasteiger charge is 2.17. The number of carbonyl (C=O) groups is 1. The minimum absolute atomic E-state index is 0.252. The fourth-order valence-electron chi connectivity index (χ4n) is 3.86. The van der Waals surface area contributed by atoms with E-state index in [-0.39, 0.29) is 5.56 Å². The van der Waals surface area contributed by atoms with Crippen LogP contribution in [0.5, 0.6) is 5.75 Å². The number of carboxylic acids is 1. The first-order chi connectivity index (χ1) is 14.7. The van der Waals surface area contributed by atoms with Gasteiger partial charge in [-0.25, -0.2) is 4.79 Å². The maximum absolute atomic E-state index is 11.9. The lowest BCUT2D eigenvalue weighted by molar-refractivity contribution is 0.0693. The molecule has 0 heterocycles. The topological polar surface area (TPSA) is 46.5 Å². The monoisotopic (exact) mass is 410 g/mol. The summed E-state index contributed by atoms with van der Waals surface area (Å²) in [4.78, 5) is 11.9. The Morgan fingerprint density at radius 3 is 1.87 bits per heavy atom. The summed E-state index contributed by atoms with van der Waals surface area (Å²) in [6.07, 6.45) is 15.6. The standard InChI is InChI=1S/C27H38O3/c1-2-3-4-5-6-7-8-9-10-11-12-16-22-30-25-21-17-20-24(26(25)27(28)29)23-18-14-13-15-19-23/h13-15,17-21H,2-12,16,22H2,1H3,(H,28,29). The first kappa shape index (κ1) is 24.0. The maximum atomic E-state index is 11.9. The smallest absolute Gasteiger partial charge is 0.340 e. The van der Waals surface area contributed by atoms with Crippen molar-refractivity contribution >= 4 is 5.97 Å². The summed E-state index contributed by atoms with van der Waals surface area (Å²) in [5.41, 5.74) is 1.85. The van der Waals surface area contributed by atoms with Gasteiger partial charge in [0.25, 0.3) is 0 Å². The molecule has 0 aliphatic rings. The Bertz CT molecular complexity index is 724. The second-order valence-electron chi connectivity index (χ2n) is 8.09. The number of unbranched alkanes of at least 4 members (excludes halogenated alkanes) is 11. The van der Waals surface area contributed by atoms with Crippen LogP contribution in [0.2, 0.25) is 0 Å². The molecule has 30 heavy (non-hydrogen) atoms. The van der Waals surface area contributed by atoms with Gasteiger partial charge in [-0.1, -0.05) is 120 Å². The molecule has 1 N–H and O–H groups in total. The van der Waals surface area contributed by atoms with Gasteiger partial charge < -0.3 is 9.84 Å². The van der Waals surface area contributed by atoms with E-state index >= 15 is 0 Å². The SMILES string of the molecule is CCCCCCCCCCCCCCOc1cccc(-c2ccccc2)c1C(=O)O. The Morgan fingerprint density at radius 2 is 1.30 bits per heavy atom. The van der Waals surface area contributed by atoms with Crippen molar-refractivity contribution in [3.63, 3.8) is 0 Å². The van der Waals surface area contributed by atoms with Crippen LogP contribution in [0.1, 0.15) is 94.3 Å². The second kappa shape index (κ2) is 14.7. The maximum Gasteiger partial charge on any atom is 0.340 e. The molecule has 0 aromatic heterocycles. The molecule has 2 aromatic rings. The first-order valence-electron chi connectivity index (χ1n) is 11.8. The molecular weight excluding hydrogens is 372 g/mol. The zero-order valence-electron chi connectivity index (χ0n) is 18.6. The molecule has 0 fully saturated rings. The van der Waals surface area contributed by atoms with Gasteiger partial charge in [0.15, 0.2) is 0 Å². The fourth-order valence-corrected chi connectivity index (χ4v) is 3.86. The third-order valence-electron chi connectivity index (χ3n) is 5.58. The zero-order chi connectivity index (χ0) is 21.4. The normalized spacial score (nSPS) is 10.8. The van der Waals surface area contributed by atoms with Gasteiger partial charge in [-0.3, -0.25) is 0 Å². The van der Waals surface area contributed by atoms with E-state index in [0.717, 1.165) is 18.4 Å². The molecular formula is C27H38O3. The molecule has 0 unspecified atom stereocenters. The summed E-state index contributed by atoms with van der Waals surface area (Å²) in [6, 6.07) is 15.1. The minimum Gasteiger partial charge on any atom is -0.493 e. The molecule has 3 heteroatoms. The van der Waals surface area contributed by atoms with Crippen molar-refractivity contribution in [3.8, 4) is 16.9 Å². The van der Waals surface area contributed by atoms with E-state index < -0.39 is 5.97 Å². The van der Waals surface area contributed by atoms with Gasteiger partial charge >= 0.3 is 5.97 Å². The third-order valence-corrected chi connectivity index (χ3v) is 5.58. The molecule has 3 nitrogen and oxygen atoms in total. The van der Waals surface area contributed by atoms with E-state index in [0.29, 0.717) is 17.9 Å². The van der Waals surface area contributed by atoms with Gasteiger partial charge in [-0.05, 0) is 23.6 Å². The largest absolute Gasteiger partial charge is 0.493 e. The Morgan fingerprint density at radius 1 is 0.733 bits per heavy atom. The zero-order valence-corrected chi connectivity index (χ0v) is 18.6. The predicted octanol–water partition coefficient (Wildman–Crippen LogP) is 8.13. The van der Waals surface area contributed by atoms with Gasteiger partial charge in [-0.15, -0.1) is 0 Å². The van der Waals surface area contributed by atoms with Gasteiger partial charge in [-0.2, -0.15) is 0 Å². The molecule has 0 amide bonds. The molecule has 0 radical (unpaired) electrons. The average molecular weight is 411 g/mol. The van der Waals surface area contributed by atoms with Crippen LogP contribution in [-0.4, -0.2) is 17.7 Å². The van der Waals surface area contributed by atoms with Crippen molar-refractivity contribution in [3.05, 3.63) is 54.1 Å². The average Bonchev–Trinajstić information content (AvgIpc) is 2.77. The number of rotatable bonds is 16. The van der Waals surface area contributed by atoms with Crippen LogP contribution in [0.3, 0.4) is 0 Å². The van der Waals surface area contributed by atoms with Crippen LogP contribution in [0.4, 0.5) is 0 Å². The highest BCUT2D eigenvalue weighted by Crippen LogP contribution is 2.31. The molecule has 0 bridgehead atoms. The van der Waals surface area contributed by atoms with Crippen molar-refractivity contribution in [2.45, 2.75) is 84.0 Å². The van der Waals surface area contributed by atoms with Crippen LogP contribution < -0.4 is 4.74 Å². The Balaban J connectivity index is 1.66. The summed E-state index contributed by atoms with van der Waals surface area (Å²) in [5.74, 6) is -0.480. The molecule has 0 atom stereocenters. The van der Waals surface area contributed by atoms with Crippen molar-refractivity contribution in [2.24, 2.45) is 0 Å². The van der Waals surface area contributed by atoms with Gasteiger partial charge in [0.2, 0.25) is 0 Å². The van der Waals surface area contributed by atoms with Gasteiger partial charge in [0.05, 0.1) is 6.61 Å². The first-order valence-corrected chi connectivity index (χ1v) is 11.8. The van der Waals surface area contributed by atoms with E-state index in [1.54, 1.807) is 6.07 Å². The van der Waals surface area contributed by atoms with Crippen LogP contribution in [0.25, 0.3) is 11.1 Å². The number of hydrogen-bond acceptors (Lipinski definition) is 2. The van der Waals surface area contributed by atoms with Gasteiger partial charge in [0.1, 0.15) is 11.3 Å². The Kier molecular flexibility index (Phi) is 11.7. The lowest BCUT2D eigenvalue weighted by atomic mass is 9.99. The summed E-state index contributed by atoms with van der Waals surface area (Å²) in [6.45, 7) is 2.83. The molecule has 0 aliphatic carbocycles. The number of aromatic carboxylic acids is 1. The molecule has 164 valence electrons. The van der Waals surface area contributed by atoms with E-state index in [2.05, 4.69) is 6.92 Å². The van der Waals surface area contributed by atoms with E-state index in [1.165, 1.54) is 64.2 Å². The van der Waals surface area contributed by atoms with Crippen molar-refractivity contribution in [1.29, 1.82) is 0 Å². The van der Waals surface area contributed by atoms with Crippen LogP contribution in [0, 0.1) is 0 Å². The molecule has 0 spiro atoms. The van der Waals surface area contributed by atoms with E-state index in [1.807, 2.05) is 42.5 Å². The van der Waals surface area contributed by atoms with Crippen LogP contribution >= 0.6 is 0 Å². The summed E-state index contributed by atoms with van der Waals surface area (Å²) in [5, 5.41) is 9.73. The fraction of sp³-hybridized carbons (Fsp3) is 0.519. The van der Waals surface area contributed by atoms with E-state index in [4.69, 9.17) is 4.74 Å². The summed E-state index contributed by atoms with van der Waals surface area (Å²) >= 11 is 0. The lowest BCUT2D eigenvalue weighted by Crippen LogP contribution is -2.06. The van der Waals surface area contributed by atoms with Crippen molar-refractivity contribution < 1.29 is 14.6 Å². The molecule has 2 rings (SSSR count). The number of ether oxygens (including phenoxy) is 1. The quantitative estimate of drug-likeness (QED) is 0.284. The number of benzene rings is 2. The van der Waals surface area contributed by atoms with Crippen LogP contribution in [-0.2, 0) is 0 Å². The minimum atomic E-state index is -0.945. The highest BCUT2D eigenvalue weighted by atomic mass is 16.5. The predicted molar refractivity (Wildman–Crippen MR) is 125 cm³/mol. The molecule has 0 saturated carbocycles. The third kappa shape index (κ3) is 8.61. The van der Waals surface area contributed by atoms with Crippen molar-refractivity contribution in [1.82, 2.24) is 0 Å². The highest BCUT2D eigenvalue weighted by molar-refractivity contribution is 5.99. The van der Waals surface area contributed by atoms with E-state index in [9.17, 15) is 9.90 Å². The summed E-state index contributed by atoms with van der Waals surface area (Å²) < 4.78 is 5.87. The molecule has 0 aliphatic heterocycles. The van der Waals surface area contributed by atoms with Crippen molar-refractivity contribution in [2.75, 3.05) is 6.61 Å². The molecule has 2 aromatic carbocycles. The Labute approximate surface area is 182 Å². The van der Waals surface area contributed by atoms with Gasteiger partial charge in [0, 0.05) is 0 Å². The number of carboxylic acid groups (broad SMARTS) is 1. The van der Waals surface area contributed by atoms with Crippen LogP contribution in [0.15, 0.2) is 48.5 Å². The molecule has 0 saturated heterocycles. The Hall–Kier alpha value is -2.29. The lowest BCUT2D eigenvalue weighted by Gasteiger charge is -2.13. The second-order valence-corrected chi connectivity index (χ2v) is 8.09. The number of hydrogen-bond donors (Lipinski definition) is 1. The summed E-state index contributed by atoms with van der Waals surface area (Å²) in [7, 11) is 0.